The summed E-state index contributed by atoms with van der Waals surface area (Å²) in [5.74, 6) is -0.313. The minimum Gasteiger partial charge on any atom is -0.369 e. The lowest BCUT2D eigenvalue weighted by atomic mass is 10.0. The number of nitrogens with one attached hydrogen (secondary N) is 1. The van der Waals surface area contributed by atoms with Crippen LogP contribution in [0.4, 0.5) is 5.69 Å². The van der Waals surface area contributed by atoms with E-state index in [2.05, 4.69) is 21.2 Å². The molecule has 112 valence electrons. The molecule has 0 bridgehead atoms. The standard InChI is InChI=1S/C12H17BrN2O4S/c1-4-12(2,19-3)11(16)15-10-6-5-8(7-9(10)13)20(14,17)18/h5-7H,4H2,1-3H3,(H,15,16)(H2,14,17,18). The Kier molecular flexibility index (Phi) is 5.31. The lowest BCUT2D eigenvalue weighted by Crippen LogP contribution is -2.41. The zero-order chi connectivity index (χ0) is 15.6. The molecule has 0 aliphatic rings. The minimum atomic E-state index is -3.78. The van der Waals surface area contributed by atoms with Crippen LogP contribution in [0.1, 0.15) is 20.3 Å². The highest BCUT2D eigenvalue weighted by Gasteiger charge is 2.31. The van der Waals surface area contributed by atoms with Crippen molar-refractivity contribution in [1.29, 1.82) is 0 Å². The van der Waals surface area contributed by atoms with Gasteiger partial charge < -0.3 is 10.1 Å². The topological polar surface area (TPSA) is 98.5 Å². The van der Waals surface area contributed by atoms with E-state index in [-0.39, 0.29) is 10.8 Å². The molecule has 0 heterocycles. The lowest BCUT2D eigenvalue weighted by molar-refractivity contribution is -0.136. The van der Waals surface area contributed by atoms with E-state index in [1.807, 2.05) is 6.92 Å². The zero-order valence-corrected chi connectivity index (χ0v) is 13.8. The van der Waals surface area contributed by atoms with Crippen LogP contribution < -0.4 is 10.5 Å². The molecule has 3 N–H and O–H groups in total. The van der Waals surface area contributed by atoms with E-state index in [1.165, 1.54) is 25.3 Å². The van der Waals surface area contributed by atoms with Gasteiger partial charge in [-0.15, -0.1) is 0 Å². The summed E-state index contributed by atoms with van der Waals surface area (Å²) < 4.78 is 28.1. The molecule has 1 atom stereocenters. The second-order valence-electron chi connectivity index (χ2n) is 4.43. The molecule has 1 unspecified atom stereocenters. The largest absolute Gasteiger partial charge is 0.369 e. The van der Waals surface area contributed by atoms with Crippen LogP contribution in [0.15, 0.2) is 27.6 Å². The van der Waals surface area contributed by atoms with E-state index in [4.69, 9.17) is 9.88 Å². The number of benzene rings is 1. The van der Waals surface area contributed by atoms with Crippen LogP contribution in [0.2, 0.25) is 0 Å². The number of halogens is 1. The van der Waals surface area contributed by atoms with Crippen molar-refractivity contribution >= 4 is 37.5 Å². The van der Waals surface area contributed by atoms with Crippen molar-refractivity contribution in [3.8, 4) is 0 Å². The van der Waals surface area contributed by atoms with Gasteiger partial charge in [0.25, 0.3) is 5.91 Å². The fourth-order valence-corrected chi connectivity index (χ4v) is 2.60. The van der Waals surface area contributed by atoms with Crippen LogP contribution in [-0.4, -0.2) is 27.0 Å². The summed E-state index contributed by atoms with van der Waals surface area (Å²) in [5.41, 5.74) is -0.503. The third-order valence-corrected chi connectivity index (χ3v) is 4.69. The molecule has 0 aliphatic carbocycles. The number of hydrogen-bond donors (Lipinski definition) is 2. The van der Waals surface area contributed by atoms with Gasteiger partial charge in [-0.3, -0.25) is 4.79 Å². The maximum atomic E-state index is 12.1. The van der Waals surface area contributed by atoms with Crippen LogP contribution in [0.5, 0.6) is 0 Å². The van der Waals surface area contributed by atoms with Gasteiger partial charge in [0.1, 0.15) is 5.60 Å². The Morgan fingerprint density at radius 1 is 1.50 bits per heavy atom. The van der Waals surface area contributed by atoms with Gasteiger partial charge in [-0.25, -0.2) is 13.6 Å². The van der Waals surface area contributed by atoms with Crippen molar-refractivity contribution in [1.82, 2.24) is 0 Å². The minimum absolute atomic E-state index is 0.0348. The molecule has 0 saturated heterocycles. The maximum absolute atomic E-state index is 12.1. The zero-order valence-electron chi connectivity index (χ0n) is 11.4. The van der Waals surface area contributed by atoms with Gasteiger partial charge in [-0.2, -0.15) is 0 Å². The van der Waals surface area contributed by atoms with Gasteiger partial charge in [-0.1, -0.05) is 6.92 Å². The van der Waals surface area contributed by atoms with E-state index >= 15 is 0 Å². The van der Waals surface area contributed by atoms with Gasteiger partial charge in [-0.05, 0) is 47.5 Å². The highest BCUT2D eigenvalue weighted by Crippen LogP contribution is 2.27. The Morgan fingerprint density at radius 3 is 2.50 bits per heavy atom. The van der Waals surface area contributed by atoms with Crippen molar-refractivity contribution in [3.63, 3.8) is 0 Å². The lowest BCUT2D eigenvalue weighted by Gasteiger charge is -2.25. The van der Waals surface area contributed by atoms with Crippen molar-refractivity contribution < 1.29 is 17.9 Å². The van der Waals surface area contributed by atoms with Crippen molar-refractivity contribution in [2.45, 2.75) is 30.8 Å². The van der Waals surface area contributed by atoms with Gasteiger partial charge in [0.05, 0.1) is 10.6 Å². The number of carbonyl (C=O) groups excluding carboxylic acids is 1. The predicted molar refractivity (Wildman–Crippen MR) is 79.8 cm³/mol. The normalized spacial score (nSPS) is 14.7. The summed E-state index contributed by atoms with van der Waals surface area (Å²) in [6.45, 7) is 3.51. The Hall–Kier alpha value is -0.960. The molecule has 0 spiro atoms. The van der Waals surface area contributed by atoms with E-state index in [0.717, 1.165) is 0 Å². The van der Waals surface area contributed by atoms with Gasteiger partial charge in [0.2, 0.25) is 10.0 Å². The Balaban J connectivity index is 3.04. The van der Waals surface area contributed by atoms with Crippen LogP contribution in [0, 0.1) is 0 Å². The number of primary sulfonamides is 1. The van der Waals surface area contributed by atoms with E-state index in [9.17, 15) is 13.2 Å². The molecule has 1 amide bonds. The molecular formula is C12H17BrN2O4S. The molecule has 1 aromatic rings. The first kappa shape index (κ1) is 17.1. The van der Waals surface area contributed by atoms with Crippen LogP contribution in [0.25, 0.3) is 0 Å². The quantitative estimate of drug-likeness (QED) is 0.832. The number of ether oxygens (including phenoxy) is 1. The number of amides is 1. The van der Waals surface area contributed by atoms with Crippen molar-refractivity contribution in [2.24, 2.45) is 5.14 Å². The first-order chi connectivity index (χ1) is 9.14. The average molecular weight is 365 g/mol. The summed E-state index contributed by atoms with van der Waals surface area (Å²) in [6.07, 6.45) is 0.502. The number of nitrogens with two attached hydrogens (primary N) is 1. The summed E-state index contributed by atoms with van der Waals surface area (Å²) in [4.78, 5) is 12.1. The van der Waals surface area contributed by atoms with Gasteiger partial charge in [0.15, 0.2) is 0 Å². The van der Waals surface area contributed by atoms with Gasteiger partial charge >= 0.3 is 0 Å². The number of carbonyl (C=O) groups is 1. The molecule has 0 aromatic heterocycles. The second kappa shape index (κ2) is 6.21. The Morgan fingerprint density at radius 2 is 2.10 bits per heavy atom. The molecule has 1 aromatic carbocycles. The highest BCUT2D eigenvalue weighted by molar-refractivity contribution is 9.10. The number of rotatable bonds is 5. The predicted octanol–water partition coefficient (Wildman–Crippen LogP) is 1.85. The smallest absolute Gasteiger partial charge is 0.256 e. The summed E-state index contributed by atoms with van der Waals surface area (Å²) >= 11 is 3.20. The molecule has 0 saturated carbocycles. The first-order valence-electron chi connectivity index (χ1n) is 5.83. The molecule has 0 aliphatic heterocycles. The number of methoxy groups -OCH3 is 1. The maximum Gasteiger partial charge on any atom is 0.256 e. The van der Waals surface area contributed by atoms with Crippen LogP contribution in [-0.2, 0) is 19.6 Å². The van der Waals surface area contributed by atoms with Crippen LogP contribution in [0.3, 0.4) is 0 Å². The molecular weight excluding hydrogens is 348 g/mol. The van der Waals surface area contributed by atoms with E-state index in [0.29, 0.717) is 16.6 Å². The molecule has 20 heavy (non-hydrogen) atoms. The summed E-state index contributed by atoms with van der Waals surface area (Å²) in [5, 5.41) is 7.72. The second-order valence-corrected chi connectivity index (χ2v) is 6.85. The number of anilines is 1. The number of hydrogen-bond acceptors (Lipinski definition) is 4. The van der Waals surface area contributed by atoms with E-state index < -0.39 is 15.6 Å². The summed E-state index contributed by atoms with van der Waals surface area (Å²) in [6, 6.07) is 4.13. The SMILES string of the molecule is CCC(C)(OC)C(=O)Nc1ccc(S(N)(=O)=O)cc1Br. The fraction of sp³-hybridized carbons (Fsp3) is 0.417. The Labute approximate surface area is 126 Å². The molecule has 0 radical (unpaired) electrons. The van der Waals surface area contributed by atoms with Crippen LogP contribution >= 0.6 is 15.9 Å². The van der Waals surface area contributed by atoms with Crippen molar-refractivity contribution in [3.05, 3.63) is 22.7 Å². The fourth-order valence-electron chi connectivity index (χ4n) is 1.43. The molecule has 1 rings (SSSR count). The third-order valence-electron chi connectivity index (χ3n) is 3.12. The summed E-state index contributed by atoms with van der Waals surface area (Å²) in [7, 11) is -2.32. The first-order valence-corrected chi connectivity index (χ1v) is 8.17. The average Bonchev–Trinajstić information content (AvgIpc) is 2.38. The van der Waals surface area contributed by atoms with E-state index in [1.54, 1.807) is 6.92 Å². The number of sulfonamides is 1. The van der Waals surface area contributed by atoms with Crippen molar-refractivity contribution in [2.75, 3.05) is 12.4 Å². The third kappa shape index (κ3) is 3.78. The monoisotopic (exact) mass is 364 g/mol. The molecule has 8 heteroatoms. The van der Waals surface area contributed by atoms with Gasteiger partial charge in [0, 0.05) is 11.6 Å². The molecule has 6 nitrogen and oxygen atoms in total. The Bertz CT molecular complexity index is 612. The highest BCUT2D eigenvalue weighted by atomic mass is 79.9. The molecule has 0 fully saturated rings.